The van der Waals surface area contributed by atoms with E-state index in [0.29, 0.717) is 11.8 Å². The van der Waals surface area contributed by atoms with Gasteiger partial charge in [0, 0.05) is 15.8 Å². The van der Waals surface area contributed by atoms with Crippen LogP contribution in [0.2, 0.25) is 0 Å². The maximum absolute atomic E-state index is 4.42. The van der Waals surface area contributed by atoms with Crippen LogP contribution in [0, 0.1) is 6.92 Å². The van der Waals surface area contributed by atoms with Gasteiger partial charge in [0.25, 0.3) is 0 Å². The molecule has 0 radical (unpaired) electrons. The Kier molecular flexibility index (Phi) is 4.29. The summed E-state index contributed by atoms with van der Waals surface area (Å²) in [5.41, 5.74) is 3.01. The Labute approximate surface area is 137 Å². The summed E-state index contributed by atoms with van der Waals surface area (Å²) in [4.78, 5) is 4.42. The molecule has 0 atom stereocenters. The number of hydrogen-bond donors (Lipinski definition) is 2. The molecule has 1 heterocycles. The Morgan fingerprint density at radius 2 is 1.86 bits per heavy atom. The van der Waals surface area contributed by atoms with E-state index in [4.69, 9.17) is 0 Å². The molecule has 2 aromatic carbocycles. The highest BCUT2D eigenvalue weighted by Crippen LogP contribution is 2.21. The van der Waals surface area contributed by atoms with E-state index in [1.807, 2.05) is 55.5 Å². The summed E-state index contributed by atoms with van der Waals surface area (Å²) < 4.78 is 0.998. The number of rotatable bonds is 4. The number of aromatic nitrogens is 3. The van der Waals surface area contributed by atoms with Crippen LogP contribution >= 0.6 is 15.9 Å². The minimum Gasteiger partial charge on any atom is -0.339 e. The molecular formula is C16H14BrN5. The Hall–Kier alpha value is -2.47. The minimum atomic E-state index is 0.453. The van der Waals surface area contributed by atoms with Gasteiger partial charge in [0.2, 0.25) is 5.95 Å². The summed E-state index contributed by atoms with van der Waals surface area (Å²) in [6.45, 7) is 2.03. The number of para-hydroxylation sites is 1. The lowest BCUT2D eigenvalue weighted by molar-refractivity contribution is 0.982. The first kappa shape index (κ1) is 14.5. The second kappa shape index (κ2) is 6.53. The molecule has 0 saturated carbocycles. The van der Waals surface area contributed by atoms with Crippen molar-refractivity contribution in [2.24, 2.45) is 0 Å². The molecule has 1 aromatic heterocycles. The van der Waals surface area contributed by atoms with Gasteiger partial charge < -0.3 is 10.6 Å². The number of nitrogens with zero attached hydrogens (tertiary/aromatic N) is 3. The Morgan fingerprint density at radius 3 is 2.68 bits per heavy atom. The van der Waals surface area contributed by atoms with E-state index in [1.54, 1.807) is 6.20 Å². The Balaban J connectivity index is 1.79. The van der Waals surface area contributed by atoms with Gasteiger partial charge in [-0.2, -0.15) is 10.1 Å². The smallest absolute Gasteiger partial charge is 0.249 e. The molecule has 3 rings (SSSR count). The van der Waals surface area contributed by atoms with Crippen LogP contribution in [0.15, 0.2) is 59.2 Å². The maximum atomic E-state index is 4.42. The predicted octanol–water partition coefficient (Wildman–Crippen LogP) is 4.43. The third kappa shape index (κ3) is 3.59. The first-order valence-electron chi connectivity index (χ1n) is 6.76. The molecule has 0 amide bonds. The molecule has 5 nitrogen and oxygen atoms in total. The van der Waals surface area contributed by atoms with Crippen molar-refractivity contribution in [2.45, 2.75) is 6.92 Å². The first-order chi connectivity index (χ1) is 10.7. The molecule has 0 bridgehead atoms. The fraction of sp³-hybridized carbons (Fsp3) is 0.0625. The van der Waals surface area contributed by atoms with Gasteiger partial charge in [0.1, 0.15) is 0 Å². The SMILES string of the molecule is Cc1ccccc1Nc1nncc(Nc2cccc(Br)c2)n1. The van der Waals surface area contributed by atoms with E-state index in [0.717, 1.165) is 21.4 Å². The lowest BCUT2D eigenvalue weighted by atomic mass is 10.2. The molecule has 0 fully saturated rings. The summed E-state index contributed by atoms with van der Waals surface area (Å²) >= 11 is 3.44. The van der Waals surface area contributed by atoms with E-state index in [2.05, 4.69) is 41.7 Å². The summed E-state index contributed by atoms with van der Waals surface area (Å²) in [5, 5.41) is 14.4. The number of benzene rings is 2. The van der Waals surface area contributed by atoms with Gasteiger partial charge in [-0.05, 0) is 36.8 Å². The molecule has 0 unspecified atom stereocenters. The van der Waals surface area contributed by atoms with Gasteiger partial charge in [0.15, 0.2) is 5.82 Å². The van der Waals surface area contributed by atoms with Crippen LogP contribution in [-0.4, -0.2) is 15.2 Å². The standard InChI is InChI=1S/C16H14BrN5/c1-11-5-2-3-8-14(11)20-16-21-15(10-18-22-16)19-13-7-4-6-12(17)9-13/h2-10H,1H3,(H2,19,20,21,22). The third-order valence-corrected chi connectivity index (χ3v) is 3.54. The summed E-state index contributed by atoms with van der Waals surface area (Å²) in [7, 11) is 0. The molecule has 0 aliphatic heterocycles. The number of halogens is 1. The summed E-state index contributed by atoms with van der Waals surface area (Å²) in [6, 6.07) is 15.8. The zero-order valence-corrected chi connectivity index (χ0v) is 13.5. The fourth-order valence-electron chi connectivity index (χ4n) is 1.96. The highest BCUT2D eigenvalue weighted by molar-refractivity contribution is 9.10. The van der Waals surface area contributed by atoms with E-state index in [1.165, 1.54) is 0 Å². The molecule has 0 aliphatic rings. The predicted molar refractivity (Wildman–Crippen MR) is 91.7 cm³/mol. The number of hydrogen-bond acceptors (Lipinski definition) is 5. The normalized spacial score (nSPS) is 10.3. The average molecular weight is 356 g/mol. The van der Waals surface area contributed by atoms with Crippen molar-refractivity contribution in [3.8, 4) is 0 Å². The second-order valence-corrected chi connectivity index (χ2v) is 5.66. The largest absolute Gasteiger partial charge is 0.339 e. The molecule has 0 saturated heterocycles. The van der Waals surface area contributed by atoms with E-state index >= 15 is 0 Å². The van der Waals surface area contributed by atoms with E-state index < -0.39 is 0 Å². The number of anilines is 4. The van der Waals surface area contributed by atoms with E-state index in [-0.39, 0.29) is 0 Å². The Morgan fingerprint density at radius 1 is 1.00 bits per heavy atom. The molecule has 3 aromatic rings. The first-order valence-corrected chi connectivity index (χ1v) is 7.55. The molecule has 6 heteroatoms. The van der Waals surface area contributed by atoms with Gasteiger partial charge in [0.05, 0.1) is 6.20 Å². The zero-order chi connectivity index (χ0) is 15.4. The van der Waals surface area contributed by atoms with Crippen LogP contribution in [-0.2, 0) is 0 Å². The number of nitrogens with one attached hydrogen (secondary N) is 2. The topological polar surface area (TPSA) is 62.7 Å². The van der Waals surface area contributed by atoms with Crippen molar-refractivity contribution >= 4 is 39.1 Å². The summed E-state index contributed by atoms with van der Waals surface area (Å²) in [6.07, 6.45) is 1.59. The molecular weight excluding hydrogens is 342 g/mol. The van der Waals surface area contributed by atoms with Crippen LogP contribution in [0.1, 0.15) is 5.56 Å². The highest BCUT2D eigenvalue weighted by Gasteiger charge is 2.03. The fourth-order valence-corrected chi connectivity index (χ4v) is 2.36. The molecule has 0 aliphatic carbocycles. The van der Waals surface area contributed by atoms with Crippen LogP contribution in [0.5, 0.6) is 0 Å². The highest BCUT2D eigenvalue weighted by atomic mass is 79.9. The van der Waals surface area contributed by atoms with Crippen molar-refractivity contribution in [3.05, 3.63) is 64.8 Å². The van der Waals surface area contributed by atoms with Crippen LogP contribution in [0.4, 0.5) is 23.1 Å². The van der Waals surface area contributed by atoms with Crippen molar-refractivity contribution < 1.29 is 0 Å². The summed E-state index contributed by atoms with van der Waals surface area (Å²) in [5.74, 6) is 1.08. The van der Waals surface area contributed by atoms with Crippen LogP contribution in [0.3, 0.4) is 0 Å². The molecule has 2 N–H and O–H groups in total. The van der Waals surface area contributed by atoms with E-state index in [9.17, 15) is 0 Å². The van der Waals surface area contributed by atoms with Crippen LogP contribution < -0.4 is 10.6 Å². The average Bonchev–Trinajstić information content (AvgIpc) is 2.50. The minimum absolute atomic E-state index is 0.453. The van der Waals surface area contributed by atoms with Crippen molar-refractivity contribution in [1.29, 1.82) is 0 Å². The van der Waals surface area contributed by atoms with Crippen molar-refractivity contribution in [3.63, 3.8) is 0 Å². The van der Waals surface area contributed by atoms with Gasteiger partial charge in [-0.25, -0.2) is 0 Å². The number of aryl methyl sites for hydroxylation is 1. The van der Waals surface area contributed by atoms with Gasteiger partial charge in [-0.1, -0.05) is 40.2 Å². The second-order valence-electron chi connectivity index (χ2n) is 4.74. The monoisotopic (exact) mass is 355 g/mol. The zero-order valence-electron chi connectivity index (χ0n) is 11.9. The van der Waals surface area contributed by atoms with Crippen molar-refractivity contribution in [2.75, 3.05) is 10.6 Å². The molecule has 22 heavy (non-hydrogen) atoms. The van der Waals surface area contributed by atoms with Gasteiger partial charge in [-0.15, -0.1) is 5.10 Å². The lowest BCUT2D eigenvalue weighted by Crippen LogP contribution is -2.03. The van der Waals surface area contributed by atoms with Crippen molar-refractivity contribution in [1.82, 2.24) is 15.2 Å². The molecule has 0 spiro atoms. The Bertz CT molecular complexity index is 791. The quantitative estimate of drug-likeness (QED) is 0.724. The van der Waals surface area contributed by atoms with Gasteiger partial charge >= 0.3 is 0 Å². The molecule has 110 valence electrons. The van der Waals surface area contributed by atoms with Gasteiger partial charge in [-0.3, -0.25) is 0 Å². The maximum Gasteiger partial charge on any atom is 0.249 e. The lowest BCUT2D eigenvalue weighted by Gasteiger charge is -2.09. The van der Waals surface area contributed by atoms with Crippen LogP contribution in [0.25, 0.3) is 0 Å². The third-order valence-electron chi connectivity index (χ3n) is 3.05.